The lowest BCUT2D eigenvalue weighted by molar-refractivity contribution is -0.121. The van der Waals surface area contributed by atoms with Crippen molar-refractivity contribution in [1.29, 1.82) is 0 Å². The van der Waals surface area contributed by atoms with Gasteiger partial charge in [-0.3, -0.25) is 4.79 Å². The minimum Gasteiger partial charge on any atom is -0.351 e. The summed E-state index contributed by atoms with van der Waals surface area (Å²) in [5, 5.41) is 3.93. The molecule has 1 aromatic heterocycles. The van der Waals surface area contributed by atoms with E-state index in [9.17, 15) is 4.79 Å². The van der Waals surface area contributed by atoms with Crippen LogP contribution < -0.4 is 5.32 Å². The molecule has 0 bridgehead atoms. The van der Waals surface area contributed by atoms with Gasteiger partial charge in [0.05, 0.1) is 0 Å². The van der Waals surface area contributed by atoms with Crippen molar-refractivity contribution in [3.63, 3.8) is 0 Å². The van der Waals surface area contributed by atoms with Gasteiger partial charge in [-0.15, -0.1) is 6.58 Å². The van der Waals surface area contributed by atoms with Gasteiger partial charge >= 0.3 is 0 Å². The number of hydrogen-bond acceptors (Lipinski definition) is 1. The molecule has 0 unspecified atom stereocenters. The highest BCUT2D eigenvalue weighted by atomic mass is 16.1. The molecule has 0 atom stereocenters. The number of benzene rings is 1. The highest BCUT2D eigenvalue weighted by Gasteiger charge is 2.05. The van der Waals surface area contributed by atoms with Crippen molar-refractivity contribution in [1.82, 2.24) is 9.88 Å². The lowest BCUT2D eigenvalue weighted by Crippen LogP contribution is -2.27. The minimum absolute atomic E-state index is 0.00362. The number of rotatable bonds is 4. The van der Waals surface area contributed by atoms with Crippen LogP contribution in [0, 0.1) is 6.92 Å². The number of amides is 1. The smallest absolute Gasteiger partial charge is 0.240 e. The molecule has 1 amide bonds. The van der Waals surface area contributed by atoms with Gasteiger partial charge in [-0.25, -0.2) is 0 Å². The maximum Gasteiger partial charge on any atom is 0.240 e. The van der Waals surface area contributed by atoms with Gasteiger partial charge in [0.2, 0.25) is 5.91 Å². The summed E-state index contributed by atoms with van der Waals surface area (Å²) in [7, 11) is 0. The number of carbonyl (C=O) groups excluding carboxylic acids is 1. The molecule has 0 saturated carbocycles. The van der Waals surface area contributed by atoms with E-state index in [0.29, 0.717) is 13.1 Å². The van der Waals surface area contributed by atoms with E-state index in [-0.39, 0.29) is 5.91 Å². The Morgan fingerprint density at radius 2 is 2.29 bits per heavy atom. The fraction of sp³-hybridized carbons (Fsp3) is 0.214. The first-order valence-electron chi connectivity index (χ1n) is 5.64. The summed E-state index contributed by atoms with van der Waals surface area (Å²) in [6.45, 7) is 6.48. The van der Waals surface area contributed by atoms with Gasteiger partial charge in [0.25, 0.3) is 0 Å². The van der Waals surface area contributed by atoms with Crippen LogP contribution in [-0.2, 0) is 11.3 Å². The Morgan fingerprint density at radius 1 is 1.47 bits per heavy atom. The van der Waals surface area contributed by atoms with E-state index in [4.69, 9.17) is 0 Å². The zero-order chi connectivity index (χ0) is 12.3. The molecule has 0 fully saturated rings. The fourth-order valence-electron chi connectivity index (χ4n) is 1.83. The highest BCUT2D eigenvalue weighted by molar-refractivity contribution is 5.83. The second-order valence-corrected chi connectivity index (χ2v) is 4.10. The average Bonchev–Trinajstić information content (AvgIpc) is 2.69. The normalized spacial score (nSPS) is 10.4. The maximum atomic E-state index is 11.6. The molecule has 1 aromatic carbocycles. The number of nitrogens with zero attached hydrogens (tertiary/aromatic N) is 1. The lowest BCUT2D eigenvalue weighted by atomic mass is 10.2. The van der Waals surface area contributed by atoms with Gasteiger partial charge in [0, 0.05) is 18.3 Å². The summed E-state index contributed by atoms with van der Waals surface area (Å²) in [5.41, 5.74) is 2.29. The van der Waals surface area contributed by atoms with Crippen molar-refractivity contribution in [3.05, 3.63) is 48.7 Å². The Balaban J connectivity index is 2.21. The van der Waals surface area contributed by atoms with Crippen LogP contribution in [0.2, 0.25) is 0 Å². The highest BCUT2D eigenvalue weighted by Crippen LogP contribution is 2.17. The Kier molecular flexibility index (Phi) is 3.28. The maximum absolute atomic E-state index is 11.6. The molecule has 3 nitrogen and oxygen atoms in total. The van der Waals surface area contributed by atoms with E-state index < -0.39 is 0 Å². The van der Waals surface area contributed by atoms with Crippen LogP contribution in [0.15, 0.2) is 43.1 Å². The lowest BCUT2D eigenvalue weighted by Gasteiger charge is -2.06. The molecule has 0 radical (unpaired) electrons. The third-order valence-corrected chi connectivity index (χ3v) is 2.69. The van der Waals surface area contributed by atoms with Crippen molar-refractivity contribution >= 4 is 16.8 Å². The summed E-state index contributed by atoms with van der Waals surface area (Å²) < 4.78 is 1.96. The fourth-order valence-corrected chi connectivity index (χ4v) is 1.83. The van der Waals surface area contributed by atoms with Crippen LogP contribution in [0.3, 0.4) is 0 Å². The third kappa shape index (κ3) is 2.56. The van der Waals surface area contributed by atoms with Gasteiger partial charge in [0.15, 0.2) is 0 Å². The van der Waals surface area contributed by atoms with Crippen LogP contribution in [0.5, 0.6) is 0 Å². The number of fused-ring (bicyclic) bond motifs is 1. The number of nitrogens with one attached hydrogen (secondary N) is 1. The molecule has 0 aliphatic rings. The first-order valence-corrected chi connectivity index (χ1v) is 5.64. The average molecular weight is 228 g/mol. The molecule has 88 valence electrons. The predicted molar refractivity (Wildman–Crippen MR) is 69.9 cm³/mol. The van der Waals surface area contributed by atoms with E-state index in [1.165, 1.54) is 5.56 Å². The molecule has 1 N–H and O–H groups in total. The molecular formula is C14H16N2O. The molecular weight excluding hydrogens is 212 g/mol. The second-order valence-electron chi connectivity index (χ2n) is 4.10. The largest absolute Gasteiger partial charge is 0.351 e. The molecule has 0 spiro atoms. The van der Waals surface area contributed by atoms with Crippen molar-refractivity contribution < 1.29 is 4.79 Å². The van der Waals surface area contributed by atoms with E-state index >= 15 is 0 Å². The van der Waals surface area contributed by atoms with Crippen LogP contribution in [-0.4, -0.2) is 17.0 Å². The predicted octanol–water partition coefficient (Wildman–Crippen LogP) is 2.25. The third-order valence-electron chi connectivity index (χ3n) is 2.69. The zero-order valence-electron chi connectivity index (χ0n) is 9.94. The monoisotopic (exact) mass is 228 g/mol. The molecule has 2 aromatic rings. The standard InChI is InChI=1S/C14H16N2O/c1-3-7-15-14(17)10-16-8-6-12-5-4-11(2)9-13(12)16/h3-6,8-9H,1,7,10H2,2H3,(H,15,17). The molecule has 1 heterocycles. The van der Waals surface area contributed by atoms with Gasteiger partial charge < -0.3 is 9.88 Å². The Morgan fingerprint density at radius 3 is 3.06 bits per heavy atom. The molecule has 0 aliphatic heterocycles. The molecule has 17 heavy (non-hydrogen) atoms. The summed E-state index contributed by atoms with van der Waals surface area (Å²) in [4.78, 5) is 11.6. The van der Waals surface area contributed by atoms with Crippen molar-refractivity contribution in [2.75, 3.05) is 6.54 Å². The molecule has 2 rings (SSSR count). The van der Waals surface area contributed by atoms with Gasteiger partial charge in [-0.05, 0) is 30.0 Å². The van der Waals surface area contributed by atoms with Crippen LogP contribution >= 0.6 is 0 Å². The van der Waals surface area contributed by atoms with E-state index in [0.717, 1.165) is 10.9 Å². The van der Waals surface area contributed by atoms with Crippen LogP contribution in [0.4, 0.5) is 0 Å². The Labute approximate surface area is 101 Å². The molecule has 3 heteroatoms. The van der Waals surface area contributed by atoms with E-state index in [1.54, 1.807) is 6.08 Å². The number of aromatic nitrogens is 1. The van der Waals surface area contributed by atoms with Gasteiger partial charge in [-0.1, -0.05) is 18.2 Å². The van der Waals surface area contributed by atoms with Gasteiger partial charge in [-0.2, -0.15) is 0 Å². The van der Waals surface area contributed by atoms with E-state index in [2.05, 4.69) is 37.0 Å². The van der Waals surface area contributed by atoms with Crippen molar-refractivity contribution in [3.8, 4) is 0 Å². The molecule has 0 aliphatic carbocycles. The molecule has 0 saturated heterocycles. The Bertz CT molecular complexity index is 554. The zero-order valence-corrected chi connectivity index (χ0v) is 9.94. The van der Waals surface area contributed by atoms with Gasteiger partial charge in [0.1, 0.15) is 6.54 Å². The first kappa shape index (κ1) is 11.5. The van der Waals surface area contributed by atoms with E-state index in [1.807, 2.05) is 16.8 Å². The summed E-state index contributed by atoms with van der Waals surface area (Å²) in [6, 6.07) is 8.26. The Hall–Kier alpha value is -2.03. The first-order chi connectivity index (χ1) is 8.20. The van der Waals surface area contributed by atoms with Crippen molar-refractivity contribution in [2.24, 2.45) is 0 Å². The number of carbonyl (C=O) groups is 1. The minimum atomic E-state index is 0.00362. The number of aryl methyl sites for hydroxylation is 1. The SMILES string of the molecule is C=CCNC(=O)Cn1ccc2ccc(C)cc21. The summed E-state index contributed by atoms with van der Waals surface area (Å²) in [6.07, 6.45) is 3.62. The number of hydrogen-bond donors (Lipinski definition) is 1. The summed E-state index contributed by atoms with van der Waals surface area (Å²) >= 11 is 0. The summed E-state index contributed by atoms with van der Waals surface area (Å²) in [5.74, 6) is 0.00362. The van der Waals surface area contributed by atoms with Crippen LogP contribution in [0.25, 0.3) is 10.9 Å². The quantitative estimate of drug-likeness (QED) is 0.800. The van der Waals surface area contributed by atoms with Crippen molar-refractivity contribution in [2.45, 2.75) is 13.5 Å². The van der Waals surface area contributed by atoms with Crippen LogP contribution in [0.1, 0.15) is 5.56 Å². The second kappa shape index (κ2) is 4.87. The topological polar surface area (TPSA) is 34.0 Å².